The summed E-state index contributed by atoms with van der Waals surface area (Å²) in [5.41, 5.74) is 6.08. The Morgan fingerprint density at radius 2 is 1.04 bits per heavy atom. The fraction of sp³-hybridized carbons (Fsp3) is 0.875. The average molecular weight is 382 g/mol. The monoisotopic (exact) mass is 381 g/mol. The number of ether oxygens (including phenoxy) is 1. The molecule has 0 aromatic rings. The van der Waals surface area contributed by atoms with Gasteiger partial charge in [0.15, 0.2) is 0 Å². The molecule has 0 unspecified atom stereocenters. The summed E-state index contributed by atoms with van der Waals surface area (Å²) < 4.78 is 5.25. The quantitative estimate of drug-likeness (QED) is 0.141. The summed E-state index contributed by atoms with van der Waals surface area (Å²) in [4.78, 5) is 11.6. The Labute approximate surface area is 169 Å². The van der Waals surface area contributed by atoms with Gasteiger partial charge in [0.1, 0.15) is 0 Å². The Kier molecular flexibility index (Phi) is 19.3. The van der Waals surface area contributed by atoms with Gasteiger partial charge in [0, 0.05) is 5.57 Å². The van der Waals surface area contributed by atoms with Gasteiger partial charge < -0.3 is 10.5 Å². The highest BCUT2D eigenvalue weighted by atomic mass is 16.5. The van der Waals surface area contributed by atoms with Gasteiger partial charge >= 0.3 is 5.97 Å². The molecule has 0 saturated heterocycles. The zero-order valence-electron chi connectivity index (χ0n) is 18.4. The maximum atomic E-state index is 11.6. The molecule has 0 aliphatic rings. The molecule has 27 heavy (non-hydrogen) atoms. The van der Waals surface area contributed by atoms with Crippen molar-refractivity contribution in [3.8, 4) is 0 Å². The molecule has 0 rings (SSSR count). The second-order valence-electron chi connectivity index (χ2n) is 8.26. The van der Waals surface area contributed by atoms with E-state index in [1.807, 2.05) is 13.8 Å². The fourth-order valence-corrected chi connectivity index (χ4v) is 3.21. The van der Waals surface area contributed by atoms with E-state index in [2.05, 4.69) is 6.58 Å². The third-order valence-corrected chi connectivity index (χ3v) is 5.29. The first-order valence-corrected chi connectivity index (χ1v) is 11.7. The van der Waals surface area contributed by atoms with E-state index in [1.165, 1.54) is 89.9 Å². The lowest BCUT2D eigenvalue weighted by Gasteiger charge is -2.09. The lowest BCUT2D eigenvalue weighted by Crippen LogP contribution is -2.12. The smallest absolute Gasteiger partial charge is 0.333 e. The number of nitrogens with two attached hydrogens (primary N) is 1. The fourth-order valence-electron chi connectivity index (χ4n) is 3.21. The van der Waals surface area contributed by atoms with E-state index in [0.717, 1.165) is 19.4 Å². The summed E-state index contributed by atoms with van der Waals surface area (Å²) in [5, 5.41) is 0. The maximum Gasteiger partial charge on any atom is 0.333 e. The number of rotatable bonds is 20. The van der Waals surface area contributed by atoms with Gasteiger partial charge in [-0.25, -0.2) is 4.79 Å². The Hall–Kier alpha value is -0.830. The number of carbonyl (C=O) groups is 1. The van der Waals surface area contributed by atoms with Gasteiger partial charge in [-0.15, -0.1) is 0 Å². The van der Waals surface area contributed by atoms with Gasteiger partial charge in [-0.2, -0.15) is 0 Å². The first-order chi connectivity index (χ1) is 13.1. The van der Waals surface area contributed by atoms with Gasteiger partial charge in [0.25, 0.3) is 0 Å². The standard InChI is InChI=1S/C24H47NO2/c1-22(2)23(3)24(26)27-21-19-17-15-13-11-9-7-5-4-6-8-10-12-14-16-18-20-25/h22H,3-21,25H2,1-2H3. The van der Waals surface area contributed by atoms with Crippen molar-refractivity contribution >= 4 is 5.97 Å². The van der Waals surface area contributed by atoms with E-state index in [-0.39, 0.29) is 11.9 Å². The largest absolute Gasteiger partial charge is 0.462 e. The Morgan fingerprint density at radius 3 is 1.37 bits per heavy atom. The lowest BCUT2D eigenvalue weighted by molar-refractivity contribution is -0.139. The molecule has 0 aromatic carbocycles. The Morgan fingerprint density at radius 1 is 0.704 bits per heavy atom. The van der Waals surface area contributed by atoms with E-state index in [9.17, 15) is 4.79 Å². The maximum absolute atomic E-state index is 11.6. The summed E-state index contributed by atoms with van der Waals surface area (Å²) in [6, 6.07) is 0. The molecule has 0 atom stereocenters. The number of unbranched alkanes of at least 4 members (excludes halogenated alkanes) is 15. The van der Waals surface area contributed by atoms with Crippen molar-refractivity contribution in [3.05, 3.63) is 12.2 Å². The average Bonchev–Trinajstić information content (AvgIpc) is 2.66. The van der Waals surface area contributed by atoms with Gasteiger partial charge in [0.05, 0.1) is 6.61 Å². The van der Waals surface area contributed by atoms with Crippen LogP contribution in [0.3, 0.4) is 0 Å². The van der Waals surface area contributed by atoms with Crippen molar-refractivity contribution in [1.29, 1.82) is 0 Å². The molecule has 0 radical (unpaired) electrons. The van der Waals surface area contributed by atoms with Crippen LogP contribution in [-0.2, 0) is 9.53 Å². The summed E-state index contributed by atoms with van der Waals surface area (Å²) in [6.45, 7) is 9.10. The second-order valence-corrected chi connectivity index (χ2v) is 8.26. The Balaban J connectivity index is 3.15. The van der Waals surface area contributed by atoms with Crippen LogP contribution in [0, 0.1) is 5.92 Å². The van der Waals surface area contributed by atoms with Crippen molar-refractivity contribution in [3.63, 3.8) is 0 Å². The zero-order chi connectivity index (χ0) is 20.2. The van der Waals surface area contributed by atoms with Gasteiger partial charge in [-0.3, -0.25) is 0 Å². The van der Waals surface area contributed by atoms with Crippen LogP contribution in [0.25, 0.3) is 0 Å². The van der Waals surface area contributed by atoms with E-state index in [1.54, 1.807) is 0 Å². The van der Waals surface area contributed by atoms with E-state index >= 15 is 0 Å². The summed E-state index contributed by atoms with van der Waals surface area (Å²) in [7, 11) is 0. The predicted octanol–water partition coefficient (Wildman–Crippen LogP) is 6.94. The topological polar surface area (TPSA) is 52.3 Å². The van der Waals surface area contributed by atoms with Gasteiger partial charge in [-0.05, 0) is 25.3 Å². The molecule has 2 N–H and O–H groups in total. The third kappa shape index (κ3) is 18.3. The van der Waals surface area contributed by atoms with E-state index < -0.39 is 0 Å². The molecular formula is C24H47NO2. The van der Waals surface area contributed by atoms with E-state index in [4.69, 9.17) is 10.5 Å². The number of esters is 1. The van der Waals surface area contributed by atoms with Crippen LogP contribution in [0.1, 0.15) is 117 Å². The molecule has 0 fully saturated rings. The van der Waals surface area contributed by atoms with Crippen LogP contribution < -0.4 is 5.73 Å². The molecule has 160 valence electrons. The second kappa shape index (κ2) is 19.9. The van der Waals surface area contributed by atoms with Crippen molar-refractivity contribution < 1.29 is 9.53 Å². The molecular weight excluding hydrogens is 334 g/mol. The molecule has 0 saturated carbocycles. The molecule has 0 spiro atoms. The highest BCUT2D eigenvalue weighted by molar-refractivity contribution is 5.88. The van der Waals surface area contributed by atoms with Crippen LogP contribution in [0.5, 0.6) is 0 Å². The molecule has 3 nitrogen and oxygen atoms in total. The molecule has 0 aliphatic carbocycles. The summed E-state index contributed by atoms with van der Waals surface area (Å²) >= 11 is 0. The van der Waals surface area contributed by atoms with Crippen molar-refractivity contribution in [2.75, 3.05) is 13.2 Å². The normalized spacial score (nSPS) is 11.1. The minimum atomic E-state index is -0.225. The molecule has 0 amide bonds. The minimum Gasteiger partial charge on any atom is -0.462 e. The summed E-state index contributed by atoms with van der Waals surface area (Å²) in [5.74, 6) is -0.0550. The van der Waals surface area contributed by atoms with Crippen molar-refractivity contribution in [2.45, 2.75) is 117 Å². The van der Waals surface area contributed by atoms with Crippen LogP contribution in [0.2, 0.25) is 0 Å². The zero-order valence-corrected chi connectivity index (χ0v) is 18.4. The van der Waals surface area contributed by atoms with Gasteiger partial charge in [-0.1, -0.05) is 110 Å². The molecule has 3 heteroatoms. The third-order valence-electron chi connectivity index (χ3n) is 5.29. The number of hydrogen-bond acceptors (Lipinski definition) is 3. The van der Waals surface area contributed by atoms with Crippen LogP contribution in [0.15, 0.2) is 12.2 Å². The minimum absolute atomic E-state index is 0.170. The molecule has 0 aliphatic heterocycles. The van der Waals surface area contributed by atoms with E-state index in [0.29, 0.717) is 12.2 Å². The van der Waals surface area contributed by atoms with Crippen LogP contribution >= 0.6 is 0 Å². The SMILES string of the molecule is C=C(C(=O)OCCCCCCCCCCCCCCCCCCN)C(C)C. The molecule has 0 heterocycles. The van der Waals surface area contributed by atoms with Crippen LogP contribution in [-0.4, -0.2) is 19.1 Å². The van der Waals surface area contributed by atoms with Crippen molar-refractivity contribution in [1.82, 2.24) is 0 Å². The molecule has 0 bridgehead atoms. The highest BCUT2D eigenvalue weighted by Crippen LogP contribution is 2.14. The first-order valence-electron chi connectivity index (χ1n) is 11.7. The van der Waals surface area contributed by atoms with Crippen LogP contribution in [0.4, 0.5) is 0 Å². The highest BCUT2D eigenvalue weighted by Gasteiger charge is 2.11. The first kappa shape index (κ1) is 26.2. The van der Waals surface area contributed by atoms with Crippen molar-refractivity contribution in [2.24, 2.45) is 11.7 Å². The Bertz CT molecular complexity index is 352. The predicted molar refractivity (Wildman–Crippen MR) is 118 cm³/mol. The summed E-state index contributed by atoms with van der Waals surface area (Å²) in [6.07, 6.45) is 21.2. The molecule has 0 aromatic heterocycles. The van der Waals surface area contributed by atoms with Gasteiger partial charge in [0.2, 0.25) is 0 Å². The lowest BCUT2D eigenvalue weighted by atomic mass is 10.0. The number of hydrogen-bond donors (Lipinski definition) is 1. The number of carbonyl (C=O) groups excluding carboxylic acids is 1.